The average Bonchev–Trinajstić information content (AvgIpc) is 3.09. The van der Waals surface area contributed by atoms with Crippen LogP contribution in [0.3, 0.4) is 0 Å². The normalized spacial score (nSPS) is 12.6. The number of aliphatic hydroxyl groups excluding tert-OH is 1. The van der Waals surface area contributed by atoms with Crippen molar-refractivity contribution in [3.05, 3.63) is 167 Å². The predicted octanol–water partition coefficient (Wildman–Crippen LogP) is 8.67. The molecule has 1 N–H and O–H groups in total. The highest BCUT2D eigenvalue weighted by Crippen LogP contribution is 2.37. The maximum absolute atomic E-state index is 11.5. The van der Waals surface area contributed by atoms with Gasteiger partial charge in [-0.15, -0.1) is 0 Å². The van der Waals surface area contributed by atoms with E-state index in [-0.39, 0.29) is 5.04 Å². The van der Waals surface area contributed by atoms with Gasteiger partial charge in [0.15, 0.2) is 0 Å². The van der Waals surface area contributed by atoms with Crippen molar-refractivity contribution in [3.8, 4) is 5.75 Å². The first-order valence-corrected chi connectivity index (χ1v) is 18.3. The van der Waals surface area contributed by atoms with Gasteiger partial charge in [-0.05, 0) is 62.4 Å². The summed E-state index contributed by atoms with van der Waals surface area (Å²) in [6, 6.07) is 46.8. The Morgan fingerprint density at radius 3 is 2.04 bits per heavy atom. The summed E-state index contributed by atoms with van der Waals surface area (Å²) < 4.78 is 13.2. The van der Waals surface area contributed by atoms with Crippen LogP contribution < -0.4 is 15.1 Å². The fourth-order valence-corrected chi connectivity index (χ4v) is 11.0. The van der Waals surface area contributed by atoms with E-state index in [0.717, 1.165) is 33.3 Å². The van der Waals surface area contributed by atoms with Crippen molar-refractivity contribution >= 4 is 41.2 Å². The second kappa shape index (κ2) is 14.2. The third-order valence-corrected chi connectivity index (χ3v) is 13.9. The van der Waals surface area contributed by atoms with Crippen LogP contribution in [0.5, 0.6) is 5.75 Å². The fourth-order valence-electron chi connectivity index (χ4n) is 6.32. The SMILES string of the molecule is CC(C)(C)[Si](OCc1cccc(C(O)c2cccc(OCCc3ccc4ccc(Cl)cc4n3)c2)c1)(c1ccccc1)c1ccccc1. The number of hydrogen-bond acceptors (Lipinski definition) is 4. The molecular weight excluding hydrogens is 618 g/mol. The van der Waals surface area contributed by atoms with Gasteiger partial charge in [0.1, 0.15) is 11.9 Å². The van der Waals surface area contributed by atoms with E-state index in [1.54, 1.807) is 0 Å². The van der Waals surface area contributed by atoms with E-state index in [1.165, 1.54) is 10.4 Å². The lowest BCUT2D eigenvalue weighted by Gasteiger charge is -2.43. The molecule has 4 nitrogen and oxygen atoms in total. The van der Waals surface area contributed by atoms with E-state index in [2.05, 4.69) is 93.6 Å². The van der Waals surface area contributed by atoms with Gasteiger partial charge in [0, 0.05) is 22.5 Å². The van der Waals surface area contributed by atoms with Crippen LogP contribution in [-0.2, 0) is 17.5 Å². The molecule has 47 heavy (non-hydrogen) atoms. The Hall–Kier alpha value is -4.26. The van der Waals surface area contributed by atoms with Gasteiger partial charge in [-0.3, -0.25) is 4.98 Å². The number of ether oxygens (including phenoxy) is 1. The lowest BCUT2D eigenvalue weighted by molar-refractivity contribution is 0.218. The molecule has 6 aromatic rings. The van der Waals surface area contributed by atoms with Gasteiger partial charge in [0.25, 0.3) is 8.32 Å². The quantitative estimate of drug-likeness (QED) is 0.142. The Balaban J connectivity index is 1.17. The first-order chi connectivity index (χ1) is 22.7. The van der Waals surface area contributed by atoms with Crippen molar-refractivity contribution in [2.24, 2.45) is 0 Å². The molecule has 0 bridgehead atoms. The monoisotopic (exact) mass is 657 g/mol. The zero-order valence-corrected chi connectivity index (χ0v) is 28.8. The predicted molar refractivity (Wildman–Crippen MR) is 195 cm³/mol. The third kappa shape index (κ3) is 7.34. The fraction of sp³-hybridized carbons (Fsp3) is 0.195. The Kier molecular flexibility index (Phi) is 9.90. The van der Waals surface area contributed by atoms with Gasteiger partial charge >= 0.3 is 0 Å². The molecule has 0 amide bonds. The van der Waals surface area contributed by atoms with Crippen molar-refractivity contribution in [2.45, 2.75) is 44.9 Å². The van der Waals surface area contributed by atoms with E-state index in [9.17, 15) is 5.11 Å². The standard InChI is InChI=1S/C41H40ClNO3Si/c1-41(2,3)47(37-16-6-4-7-17-37,38-18-8-5-9-19-38)46-29-30-12-10-13-32(26-30)40(44)33-14-11-15-36(27-33)45-25-24-35-23-21-31-20-22-34(42)28-39(31)43-35/h4-23,26-28,40,44H,24-25,29H2,1-3H3. The Morgan fingerprint density at radius 2 is 1.36 bits per heavy atom. The second-order valence-electron chi connectivity index (χ2n) is 12.9. The number of nitrogens with zero attached hydrogens (tertiary/aromatic N) is 1. The van der Waals surface area contributed by atoms with Crippen LogP contribution in [-0.4, -0.2) is 25.0 Å². The minimum atomic E-state index is -2.69. The smallest absolute Gasteiger partial charge is 0.261 e. The largest absolute Gasteiger partial charge is 0.493 e. The zero-order valence-electron chi connectivity index (χ0n) is 27.1. The Morgan fingerprint density at radius 1 is 0.723 bits per heavy atom. The Bertz CT molecular complexity index is 1900. The van der Waals surface area contributed by atoms with Crippen LogP contribution >= 0.6 is 11.6 Å². The number of pyridine rings is 1. The van der Waals surface area contributed by atoms with Crippen LogP contribution in [0, 0.1) is 0 Å². The molecule has 1 atom stereocenters. The maximum atomic E-state index is 11.5. The van der Waals surface area contributed by atoms with Crippen LogP contribution in [0.1, 0.15) is 49.3 Å². The molecule has 0 aliphatic carbocycles. The van der Waals surface area contributed by atoms with Gasteiger partial charge < -0.3 is 14.3 Å². The van der Waals surface area contributed by atoms with Gasteiger partial charge in [0.05, 0.1) is 18.7 Å². The average molecular weight is 658 g/mol. The summed E-state index contributed by atoms with van der Waals surface area (Å²) in [5.41, 5.74) is 4.41. The van der Waals surface area contributed by atoms with E-state index in [4.69, 9.17) is 25.7 Å². The summed E-state index contributed by atoms with van der Waals surface area (Å²) in [5, 5.41) is 15.6. The maximum Gasteiger partial charge on any atom is 0.261 e. The second-order valence-corrected chi connectivity index (χ2v) is 17.7. The van der Waals surface area contributed by atoms with Crippen LogP contribution in [0.25, 0.3) is 10.9 Å². The summed E-state index contributed by atoms with van der Waals surface area (Å²) in [4.78, 5) is 4.73. The van der Waals surface area contributed by atoms with Crippen molar-refractivity contribution in [2.75, 3.05) is 6.61 Å². The molecule has 0 aliphatic rings. The highest BCUT2D eigenvalue weighted by atomic mass is 35.5. The van der Waals surface area contributed by atoms with Crippen molar-refractivity contribution in [3.63, 3.8) is 0 Å². The molecular formula is C41H40ClNO3Si. The summed E-state index contributed by atoms with van der Waals surface area (Å²) in [7, 11) is -2.69. The van der Waals surface area contributed by atoms with Gasteiger partial charge in [0.2, 0.25) is 0 Å². The molecule has 0 aliphatic heterocycles. The number of aliphatic hydroxyl groups is 1. The molecule has 5 aromatic carbocycles. The number of halogens is 1. The summed E-state index contributed by atoms with van der Waals surface area (Å²) in [6.07, 6.45) is -0.152. The molecule has 1 aromatic heterocycles. The van der Waals surface area contributed by atoms with Crippen molar-refractivity contribution in [1.29, 1.82) is 0 Å². The van der Waals surface area contributed by atoms with Crippen LogP contribution in [0.4, 0.5) is 0 Å². The molecule has 0 spiro atoms. The van der Waals surface area contributed by atoms with Gasteiger partial charge in [-0.2, -0.15) is 0 Å². The molecule has 238 valence electrons. The van der Waals surface area contributed by atoms with Crippen LogP contribution in [0.15, 0.2) is 140 Å². The summed E-state index contributed by atoms with van der Waals surface area (Å²) >= 11 is 6.15. The Labute approximate surface area is 283 Å². The van der Waals surface area contributed by atoms with Crippen molar-refractivity contribution < 1.29 is 14.3 Å². The van der Waals surface area contributed by atoms with E-state index >= 15 is 0 Å². The van der Waals surface area contributed by atoms with Crippen LogP contribution in [0.2, 0.25) is 10.1 Å². The number of hydrogen-bond donors (Lipinski definition) is 1. The van der Waals surface area contributed by atoms with E-state index in [0.29, 0.717) is 30.4 Å². The first-order valence-electron chi connectivity index (χ1n) is 16.0. The molecule has 6 heteroatoms. The molecule has 0 saturated heterocycles. The molecule has 0 saturated carbocycles. The van der Waals surface area contributed by atoms with Gasteiger partial charge in [-0.1, -0.05) is 142 Å². The van der Waals surface area contributed by atoms with E-state index in [1.807, 2.05) is 66.7 Å². The summed E-state index contributed by atoms with van der Waals surface area (Å²) in [5.74, 6) is 0.705. The minimum Gasteiger partial charge on any atom is -0.493 e. The lowest BCUT2D eigenvalue weighted by atomic mass is 10.00. The highest BCUT2D eigenvalue weighted by Gasteiger charge is 2.50. The summed E-state index contributed by atoms with van der Waals surface area (Å²) in [6.45, 7) is 7.74. The number of benzene rings is 5. The molecule has 0 radical (unpaired) electrons. The van der Waals surface area contributed by atoms with Gasteiger partial charge in [-0.25, -0.2) is 0 Å². The number of rotatable bonds is 11. The van der Waals surface area contributed by atoms with E-state index < -0.39 is 14.4 Å². The third-order valence-electron chi connectivity index (χ3n) is 8.65. The highest BCUT2D eigenvalue weighted by molar-refractivity contribution is 6.99. The minimum absolute atomic E-state index is 0.120. The zero-order chi connectivity index (χ0) is 32.9. The molecule has 1 heterocycles. The number of fused-ring (bicyclic) bond motifs is 1. The molecule has 6 rings (SSSR count). The lowest BCUT2D eigenvalue weighted by Crippen LogP contribution is -2.66. The topological polar surface area (TPSA) is 51.6 Å². The molecule has 1 unspecified atom stereocenters. The number of aromatic nitrogens is 1. The molecule has 0 fully saturated rings. The van der Waals surface area contributed by atoms with Crippen molar-refractivity contribution in [1.82, 2.24) is 4.98 Å². The first kappa shape index (κ1) is 32.7.